The largest absolute Gasteiger partial charge is 0.315 e. The van der Waals surface area contributed by atoms with Crippen LogP contribution in [0.5, 0.6) is 0 Å². The van der Waals surface area contributed by atoms with Gasteiger partial charge in [0.25, 0.3) is 12.2 Å². The van der Waals surface area contributed by atoms with Crippen molar-refractivity contribution in [2.75, 3.05) is 0 Å². The molecule has 1 aliphatic carbocycles. The maximum absolute atomic E-state index is 14.5. The minimum absolute atomic E-state index is 0.0594. The molecule has 1 rings (SSSR count). The van der Waals surface area contributed by atoms with Crippen molar-refractivity contribution in [3.63, 3.8) is 0 Å². The number of alkyl halides is 1. The molecule has 0 aromatic heterocycles. The van der Waals surface area contributed by atoms with Crippen LogP contribution < -0.4 is 5.32 Å². The van der Waals surface area contributed by atoms with E-state index >= 15 is 0 Å². The standard InChI is InChI=1S/C21H35FN2O3/c1-14(2)18(26)23-17(22)19(27)24(21(7)10-8-9-11-21)16(25)12-15(3)13-20(4,5)6/h15,17H,1,8-13H2,2-7H3,(H,23,26). The molecule has 2 atom stereocenters. The first kappa shape index (κ1) is 23.3. The van der Waals surface area contributed by atoms with Gasteiger partial charge in [0.2, 0.25) is 11.8 Å². The van der Waals surface area contributed by atoms with Crippen molar-refractivity contribution in [1.82, 2.24) is 10.2 Å². The summed E-state index contributed by atoms with van der Waals surface area (Å²) in [5, 5.41) is 2.00. The Hall–Kier alpha value is -1.72. The molecule has 1 saturated carbocycles. The van der Waals surface area contributed by atoms with E-state index in [2.05, 4.69) is 27.4 Å². The van der Waals surface area contributed by atoms with Gasteiger partial charge < -0.3 is 5.32 Å². The highest BCUT2D eigenvalue weighted by Gasteiger charge is 2.44. The molecule has 3 amide bonds. The predicted molar refractivity (Wildman–Crippen MR) is 104 cm³/mol. The summed E-state index contributed by atoms with van der Waals surface area (Å²) in [6.45, 7) is 15.0. The number of imide groups is 1. The average molecular weight is 383 g/mol. The monoisotopic (exact) mass is 382 g/mol. The lowest BCUT2D eigenvalue weighted by Gasteiger charge is -2.38. The average Bonchev–Trinajstić information content (AvgIpc) is 2.91. The Balaban J connectivity index is 2.99. The van der Waals surface area contributed by atoms with E-state index in [0.717, 1.165) is 24.2 Å². The second-order valence-corrected chi connectivity index (χ2v) is 9.46. The van der Waals surface area contributed by atoms with Crippen molar-refractivity contribution < 1.29 is 18.8 Å². The summed E-state index contributed by atoms with van der Waals surface area (Å²) >= 11 is 0. The molecule has 27 heavy (non-hydrogen) atoms. The lowest BCUT2D eigenvalue weighted by Crippen LogP contribution is -2.57. The molecule has 1 N–H and O–H groups in total. The molecule has 0 aromatic carbocycles. The Morgan fingerprint density at radius 3 is 2.19 bits per heavy atom. The van der Waals surface area contributed by atoms with E-state index in [0.29, 0.717) is 12.8 Å². The number of nitrogens with zero attached hydrogens (tertiary/aromatic N) is 1. The van der Waals surface area contributed by atoms with E-state index in [1.165, 1.54) is 6.92 Å². The minimum atomic E-state index is -2.26. The second kappa shape index (κ2) is 8.98. The van der Waals surface area contributed by atoms with Gasteiger partial charge in [0.15, 0.2) is 0 Å². The van der Waals surface area contributed by atoms with Crippen LogP contribution in [0, 0.1) is 11.3 Å². The lowest BCUT2D eigenvalue weighted by atomic mass is 9.83. The molecule has 2 unspecified atom stereocenters. The van der Waals surface area contributed by atoms with Gasteiger partial charge in [0, 0.05) is 17.5 Å². The number of hydrogen-bond donors (Lipinski definition) is 1. The molecule has 1 aliphatic rings. The van der Waals surface area contributed by atoms with Crippen molar-refractivity contribution in [2.24, 2.45) is 11.3 Å². The van der Waals surface area contributed by atoms with Crippen molar-refractivity contribution in [1.29, 1.82) is 0 Å². The van der Waals surface area contributed by atoms with Crippen LogP contribution in [-0.4, -0.2) is 34.5 Å². The highest BCUT2D eigenvalue weighted by Crippen LogP contribution is 2.37. The zero-order chi connectivity index (χ0) is 21.0. The van der Waals surface area contributed by atoms with Gasteiger partial charge in [-0.05, 0) is 44.4 Å². The molecule has 0 spiro atoms. The van der Waals surface area contributed by atoms with Gasteiger partial charge >= 0.3 is 0 Å². The summed E-state index contributed by atoms with van der Waals surface area (Å²) in [6, 6.07) is 0. The van der Waals surface area contributed by atoms with Gasteiger partial charge in [-0.2, -0.15) is 0 Å². The summed E-state index contributed by atoms with van der Waals surface area (Å²) < 4.78 is 14.5. The number of carbonyl (C=O) groups excluding carboxylic acids is 3. The van der Waals surface area contributed by atoms with E-state index in [1.54, 1.807) is 0 Å². The van der Waals surface area contributed by atoms with E-state index in [-0.39, 0.29) is 29.2 Å². The van der Waals surface area contributed by atoms with E-state index in [1.807, 2.05) is 19.2 Å². The number of rotatable bonds is 7. The Morgan fingerprint density at radius 1 is 1.22 bits per heavy atom. The molecular formula is C21H35FN2O3. The summed E-state index contributed by atoms with van der Waals surface area (Å²) in [4.78, 5) is 38.6. The molecule has 0 bridgehead atoms. The topological polar surface area (TPSA) is 66.5 Å². The third-order valence-electron chi connectivity index (χ3n) is 5.04. The third kappa shape index (κ3) is 6.74. The Labute approximate surface area is 162 Å². The smallest absolute Gasteiger partial charge is 0.285 e. The molecule has 6 heteroatoms. The first-order valence-electron chi connectivity index (χ1n) is 9.74. The first-order valence-corrected chi connectivity index (χ1v) is 9.74. The lowest BCUT2D eigenvalue weighted by molar-refractivity contribution is -0.157. The van der Waals surface area contributed by atoms with Gasteiger partial charge in [-0.3, -0.25) is 19.3 Å². The second-order valence-electron chi connectivity index (χ2n) is 9.46. The minimum Gasteiger partial charge on any atom is -0.315 e. The molecule has 0 aliphatic heterocycles. The van der Waals surface area contributed by atoms with Crippen LogP contribution in [0.15, 0.2) is 12.2 Å². The Morgan fingerprint density at radius 2 is 1.74 bits per heavy atom. The van der Waals surface area contributed by atoms with Crippen LogP contribution in [0.2, 0.25) is 0 Å². The summed E-state index contributed by atoms with van der Waals surface area (Å²) in [5.41, 5.74) is -0.535. The SMILES string of the molecule is C=C(C)C(=O)NC(F)C(=O)N(C(=O)CC(C)CC(C)(C)C)C1(C)CCCC1. The molecule has 0 aromatic rings. The highest BCUT2D eigenvalue weighted by atomic mass is 19.1. The zero-order valence-corrected chi connectivity index (χ0v) is 17.7. The van der Waals surface area contributed by atoms with Gasteiger partial charge in [-0.15, -0.1) is 0 Å². The van der Waals surface area contributed by atoms with Crippen LogP contribution in [0.25, 0.3) is 0 Å². The maximum atomic E-state index is 14.5. The van der Waals surface area contributed by atoms with Crippen molar-refractivity contribution in [3.05, 3.63) is 12.2 Å². The number of halogens is 1. The predicted octanol–water partition coefficient (Wildman–Crippen LogP) is 4.12. The summed E-state index contributed by atoms with van der Waals surface area (Å²) in [6.07, 6.45) is 1.83. The molecule has 5 nitrogen and oxygen atoms in total. The van der Waals surface area contributed by atoms with Crippen LogP contribution >= 0.6 is 0 Å². The van der Waals surface area contributed by atoms with Crippen LogP contribution in [-0.2, 0) is 14.4 Å². The fraction of sp³-hybridized carbons (Fsp3) is 0.762. The van der Waals surface area contributed by atoms with Gasteiger partial charge in [0.05, 0.1) is 0 Å². The number of carbonyl (C=O) groups is 3. The number of amides is 3. The van der Waals surface area contributed by atoms with Gasteiger partial charge in [-0.1, -0.05) is 47.1 Å². The van der Waals surface area contributed by atoms with Crippen molar-refractivity contribution in [3.8, 4) is 0 Å². The van der Waals surface area contributed by atoms with E-state index < -0.39 is 23.6 Å². The van der Waals surface area contributed by atoms with E-state index in [9.17, 15) is 18.8 Å². The van der Waals surface area contributed by atoms with Crippen LogP contribution in [0.1, 0.15) is 80.1 Å². The zero-order valence-electron chi connectivity index (χ0n) is 17.7. The van der Waals surface area contributed by atoms with Crippen molar-refractivity contribution in [2.45, 2.75) is 91.9 Å². The summed E-state index contributed by atoms with van der Waals surface area (Å²) in [5.74, 6) is -2.02. The van der Waals surface area contributed by atoms with Gasteiger partial charge in [0.1, 0.15) is 0 Å². The molecule has 0 heterocycles. The van der Waals surface area contributed by atoms with Crippen molar-refractivity contribution >= 4 is 17.7 Å². The molecule has 154 valence electrons. The quantitative estimate of drug-likeness (QED) is 0.532. The van der Waals surface area contributed by atoms with Crippen LogP contribution in [0.3, 0.4) is 0 Å². The Bertz CT molecular complexity index is 589. The molecule has 0 saturated heterocycles. The highest BCUT2D eigenvalue weighted by molar-refractivity contribution is 6.01. The normalized spacial score (nSPS) is 18.5. The number of nitrogens with one attached hydrogen (secondary N) is 1. The fourth-order valence-electron chi connectivity index (χ4n) is 3.97. The van der Waals surface area contributed by atoms with Crippen LogP contribution in [0.4, 0.5) is 4.39 Å². The fourth-order valence-corrected chi connectivity index (χ4v) is 3.97. The first-order chi connectivity index (χ1) is 12.3. The third-order valence-corrected chi connectivity index (χ3v) is 5.04. The summed E-state index contributed by atoms with van der Waals surface area (Å²) in [7, 11) is 0. The van der Waals surface area contributed by atoms with Gasteiger partial charge in [-0.25, -0.2) is 4.39 Å². The van der Waals surface area contributed by atoms with E-state index in [4.69, 9.17) is 0 Å². The maximum Gasteiger partial charge on any atom is 0.285 e. The molecular weight excluding hydrogens is 347 g/mol. The molecule has 0 radical (unpaired) electrons. The Kier molecular flexibility index (Phi) is 7.76. The number of hydrogen-bond acceptors (Lipinski definition) is 3. The molecule has 1 fully saturated rings.